The summed E-state index contributed by atoms with van der Waals surface area (Å²) in [5.74, 6) is -1.41. The highest BCUT2D eigenvalue weighted by Crippen LogP contribution is 2.20. The summed E-state index contributed by atoms with van der Waals surface area (Å²) in [6.07, 6.45) is -0.00315. The fourth-order valence-corrected chi connectivity index (χ4v) is 1.88. The summed E-state index contributed by atoms with van der Waals surface area (Å²) in [4.78, 5) is 12.6. The molecule has 1 aromatic rings. The molecule has 0 aliphatic carbocycles. The third-order valence-corrected chi connectivity index (χ3v) is 3.10. The highest BCUT2D eigenvalue weighted by Gasteiger charge is 2.23. The maximum atomic E-state index is 14.1. The molecule has 0 radical (unpaired) electrons. The molecule has 0 unspecified atom stereocenters. The number of hydrogen-bond acceptors (Lipinski definition) is 3. The van der Waals surface area contributed by atoms with Crippen LogP contribution < -0.4 is 0 Å². The van der Waals surface area contributed by atoms with Crippen molar-refractivity contribution in [1.82, 2.24) is 4.90 Å². The standard InChI is InChI=1S/C15H19FN2O2/c1-15(2,3)18(8-7-13(19)20)10-12-6-4-5-11(9-17)14(12)16/h4-6H,7-8,10H2,1-3H3,(H,19,20). The topological polar surface area (TPSA) is 64.3 Å². The number of carbonyl (C=O) groups is 1. The van der Waals surface area contributed by atoms with Gasteiger partial charge >= 0.3 is 5.97 Å². The summed E-state index contributed by atoms with van der Waals surface area (Å²) in [5, 5.41) is 17.6. The van der Waals surface area contributed by atoms with Gasteiger partial charge < -0.3 is 5.11 Å². The van der Waals surface area contributed by atoms with Crippen LogP contribution in [0.25, 0.3) is 0 Å². The molecule has 0 aliphatic heterocycles. The molecule has 0 aromatic heterocycles. The van der Waals surface area contributed by atoms with Gasteiger partial charge in [-0.15, -0.1) is 0 Å². The van der Waals surface area contributed by atoms with Crippen molar-refractivity contribution >= 4 is 5.97 Å². The molecule has 0 saturated heterocycles. The molecule has 1 rings (SSSR count). The Morgan fingerprint density at radius 2 is 2.10 bits per heavy atom. The number of hydrogen-bond donors (Lipinski definition) is 1. The van der Waals surface area contributed by atoms with Gasteiger partial charge in [0.2, 0.25) is 0 Å². The molecule has 20 heavy (non-hydrogen) atoms. The van der Waals surface area contributed by atoms with Gasteiger partial charge in [-0.3, -0.25) is 9.69 Å². The second kappa shape index (κ2) is 6.49. The van der Waals surface area contributed by atoms with Gasteiger partial charge in [0.15, 0.2) is 0 Å². The van der Waals surface area contributed by atoms with Crippen molar-refractivity contribution in [3.8, 4) is 6.07 Å². The first-order chi connectivity index (χ1) is 9.25. The van der Waals surface area contributed by atoms with E-state index >= 15 is 0 Å². The van der Waals surface area contributed by atoms with Crippen LogP contribution in [-0.2, 0) is 11.3 Å². The summed E-state index contributed by atoms with van der Waals surface area (Å²) in [5.41, 5.74) is 0.129. The zero-order valence-corrected chi connectivity index (χ0v) is 12.0. The fraction of sp³-hybridized carbons (Fsp3) is 0.467. The number of carboxylic acid groups (broad SMARTS) is 1. The number of nitriles is 1. The maximum absolute atomic E-state index is 14.1. The molecule has 0 fully saturated rings. The van der Waals surface area contributed by atoms with Gasteiger partial charge in [0, 0.05) is 24.2 Å². The summed E-state index contributed by atoms with van der Waals surface area (Å²) >= 11 is 0. The molecule has 5 heteroatoms. The first-order valence-corrected chi connectivity index (χ1v) is 6.40. The minimum Gasteiger partial charge on any atom is -0.481 e. The second-order valence-corrected chi connectivity index (χ2v) is 5.63. The number of nitrogens with zero attached hydrogens (tertiary/aromatic N) is 2. The van der Waals surface area contributed by atoms with E-state index < -0.39 is 11.8 Å². The van der Waals surface area contributed by atoms with E-state index in [0.29, 0.717) is 12.1 Å². The maximum Gasteiger partial charge on any atom is 0.304 e. The minimum atomic E-state index is -0.884. The Kier molecular flexibility index (Phi) is 5.23. The zero-order chi connectivity index (χ0) is 15.3. The van der Waals surface area contributed by atoms with Crippen LogP contribution in [0.3, 0.4) is 0 Å². The monoisotopic (exact) mass is 278 g/mol. The van der Waals surface area contributed by atoms with E-state index in [0.717, 1.165) is 0 Å². The molecule has 1 N–H and O–H groups in total. The van der Waals surface area contributed by atoms with Crippen LogP contribution in [0.4, 0.5) is 4.39 Å². The molecular formula is C15H19FN2O2. The SMILES string of the molecule is CC(C)(C)N(CCC(=O)O)Cc1cccc(C#N)c1F. The molecular weight excluding hydrogens is 259 g/mol. The lowest BCUT2D eigenvalue weighted by Crippen LogP contribution is -2.42. The van der Waals surface area contributed by atoms with Crippen molar-refractivity contribution in [2.45, 2.75) is 39.3 Å². The molecule has 0 atom stereocenters. The lowest BCUT2D eigenvalue weighted by Gasteiger charge is -2.35. The highest BCUT2D eigenvalue weighted by molar-refractivity contribution is 5.66. The third kappa shape index (κ3) is 4.32. The van der Waals surface area contributed by atoms with Gasteiger partial charge in [-0.2, -0.15) is 5.26 Å². The quantitative estimate of drug-likeness (QED) is 0.899. The van der Waals surface area contributed by atoms with Gasteiger partial charge in [0.05, 0.1) is 12.0 Å². The molecule has 4 nitrogen and oxygen atoms in total. The second-order valence-electron chi connectivity index (χ2n) is 5.63. The van der Waals surface area contributed by atoms with Crippen molar-refractivity contribution < 1.29 is 14.3 Å². The Morgan fingerprint density at radius 3 is 2.60 bits per heavy atom. The molecule has 108 valence electrons. The van der Waals surface area contributed by atoms with Crippen molar-refractivity contribution in [2.75, 3.05) is 6.54 Å². The fourth-order valence-electron chi connectivity index (χ4n) is 1.88. The van der Waals surface area contributed by atoms with Gasteiger partial charge in [-0.1, -0.05) is 12.1 Å². The van der Waals surface area contributed by atoms with Crippen molar-refractivity contribution in [1.29, 1.82) is 5.26 Å². The first-order valence-electron chi connectivity index (χ1n) is 6.40. The largest absolute Gasteiger partial charge is 0.481 e. The number of benzene rings is 1. The number of halogens is 1. The Balaban J connectivity index is 2.96. The van der Waals surface area contributed by atoms with Crippen LogP contribution in [0.15, 0.2) is 18.2 Å². The van der Waals surface area contributed by atoms with E-state index in [1.165, 1.54) is 6.07 Å². The number of aliphatic carboxylic acids is 1. The zero-order valence-electron chi connectivity index (χ0n) is 12.0. The number of carboxylic acids is 1. The van der Waals surface area contributed by atoms with Crippen LogP contribution in [0, 0.1) is 17.1 Å². The molecule has 0 bridgehead atoms. The Hall–Kier alpha value is -1.93. The van der Waals surface area contributed by atoms with E-state index in [-0.39, 0.29) is 24.1 Å². The average Bonchev–Trinajstić information content (AvgIpc) is 2.34. The predicted octanol–water partition coefficient (Wildman–Crippen LogP) is 2.77. The molecule has 0 spiro atoms. The van der Waals surface area contributed by atoms with Crippen LogP contribution in [0.1, 0.15) is 38.3 Å². The van der Waals surface area contributed by atoms with E-state index in [1.54, 1.807) is 12.1 Å². The van der Waals surface area contributed by atoms with Crippen molar-refractivity contribution in [3.63, 3.8) is 0 Å². The van der Waals surface area contributed by atoms with Gasteiger partial charge in [0.1, 0.15) is 11.9 Å². The first kappa shape index (κ1) is 16.1. The van der Waals surface area contributed by atoms with Crippen LogP contribution in [0.2, 0.25) is 0 Å². The molecule has 1 aromatic carbocycles. The van der Waals surface area contributed by atoms with Crippen LogP contribution >= 0.6 is 0 Å². The summed E-state index contributed by atoms with van der Waals surface area (Å²) in [6, 6.07) is 6.49. The molecule has 0 amide bonds. The van der Waals surface area contributed by atoms with Gasteiger partial charge in [-0.25, -0.2) is 4.39 Å². The van der Waals surface area contributed by atoms with Gasteiger partial charge in [-0.05, 0) is 26.8 Å². The summed E-state index contributed by atoms with van der Waals surface area (Å²) in [6.45, 7) is 6.44. The van der Waals surface area contributed by atoms with Crippen molar-refractivity contribution in [2.24, 2.45) is 0 Å². The lowest BCUT2D eigenvalue weighted by molar-refractivity contribution is -0.137. The number of rotatable bonds is 5. The van der Waals surface area contributed by atoms with E-state index in [1.807, 2.05) is 31.7 Å². The van der Waals surface area contributed by atoms with Crippen LogP contribution in [-0.4, -0.2) is 28.1 Å². The Labute approximate surface area is 118 Å². The van der Waals surface area contributed by atoms with E-state index in [9.17, 15) is 9.18 Å². The molecule has 0 saturated carbocycles. The van der Waals surface area contributed by atoms with E-state index in [2.05, 4.69) is 0 Å². The minimum absolute atomic E-state index is 0.00315. The Bertz CT molecular complexity index is 530. The lowest BCUT2D eigenvalue weighted by atomic mass is 10.0. The van der Waals surface area contributed by atoms with E-state index in [4.69, 9.17) is 10.4 Å². The predicted molar refractivity (Wildman–Crippen MR) is 73.5 cm³/mol. The summed E-state index contributed by atoms with van der Waals surface area (Å²) in [7, 11) is 0. The van der Waals surface area contributed by atoms with Crippen molar-refractivity contribution in [3.05, 3.63) is 35.1 Å². The smallest absolute Gasteiger partial charge is 0.304 e. The third-order valence-electron chi connectivity index (χ3n) is 3.10. The average molecular weight is 278 g/mol. The Morgan fingerprint density at radius 1 is 1.45 bits per heavy atom. The summed E-state index contributed by atoms with van der Waals surface area (Å²) < 4.78 is 14.1. The van der Waals surface area contributed by atoms with Crippen LogP contribution in [0.5, 0.6) is 0 Å². The molecule has 0 aliphatic rings. The highest BCUT2D eigenvalue weighted by atomic mass is 19.1. The molecule has 0 heterocycles. The van der Waals surface area contributed by atoms with Gasteiger partial charge in [0.25, 0.3) is 0 Å². The normalized spacial score (nSPS) is 11.4.